The van der Waals surface area contributed by atoms with Gasteiger partial charge in [0.2, 0.25) is 10.0 Å². The number of aromatic nitrogens is 2. The van der Waals surface area contributed by atoms with E-state index in [4.69, 9.17) is 0 Å². The molecule has 1 aromatic heterocycles. The van der Waals surface area contributed by atoms with Crippen LogP contribution in [-0.2, 0) is 23.0 Å². The second-order valence-corrected chi connectivity index (χ2v) is 8.03. The van der Waals surface area contributed by atoms with Gasteiger partial charge in [-0.15, -0.1) is 0 Å². The topological polar surface area (TPSA) is 58.4 Å². The van der Waals surface area contributed by atoms with Gasteiger partial charge in [-0.3, -0.25) is 4.90 Å². The Morgan fingerprint density at radius 3 is 2.60 bits per heavy atom. The van der Waals surface area contributed by atoms with Gasteiger partial charge < -0.3 is 4.57 Å². The summed E-state index contributed by atoms with van der Waals surface area (Å²) >= 11 is 0. The van der Waals surface area contributed by atoms with Crippen LogP contribution in [0.15, 0.2) is 41.6 Å². The number of imidazole rings is 1. The molecule has 0 N–H and O–H groups in total. The molecule has 0 bridgehead atoms. The van der Waals surface area contributed by atoms with E-state index in [0.29, 0.717) is 26.2 Å². The third-order valence-corrected chi connectivity index (χ3v) is 6.43. The van der Waals surface area contributed by atoms with E-state index >= 15 is 0 Å². The van der Waals surface area contributed by atoms with Gasteiger partial charge in [0, 0.05) is 58.1 Å². The lowest BCUT2D eigenvalue weighted by molar-refractivity contribution is 0.182. The van der Waals surface area contributed by atoms with Crippen LogP contribution in [0.1, 0.15) is 12.7 Å². The molecule has 8 heteroatoms. The summed E-state index contributed by atoms with van der Waals surface area (Å²) in [6, 6.07) is 5.19. The van der Waals surface area contributed by atoms with Crippen molar-refractivity contribution in [1.82, 2.24) is 18.8 Å². The van der Waals surface area contributed by atoms with Crippen LogP contribution in [0.25, 0.3) is 0 Å². The quantitative estimate of drug-likeness (QED) is 0.779. The number of nitrogens with zero attached hydrogens (tertiary/aromatic N) is 4. The standard InChI is InChI=1S/C17H23FN4O2S/c1-2-17-19-6-7-21(17)11-8-20-9-12-22(13-10-20)25(23,24)16-5-3-4-15(18)14-16/h3-7,14H,2,8-13H2,1H3. The number of sulfonamides is 1. The molecule has 3 rings (SSSR count). The summed E-state index contributed by atoms with van der Waals surface area (Å²) in [5.41, 5.74) is 0. The molecule has 2 aromatic rings. The molecule has 1 aliphatic heterocycles. The van der Waals surface area contributed by atoms with Crippen LogP contribution in [-0.4, -0.2) is 59.9 Å². The minimum Gasteiger partial charge on any atom is -0.334 e. The van der Waals surface area contributed by atoms with Crippen molar-refractivity contribution in [1.29, 1.82) is 0 Å². The molecule has 0 radical (unpaired) electrons. The predicted molar refractivity (Wildman–Crippen MR) is 93.2 cm³/mol. The summed E-state index contributed by atoms with van der Waals surface area (Å²) in [4.78, 5) is 6.58. The molecule has 6 nitrogen and oxygen atoms in total. The van der Waals surface area contributed by atoms with E-state index in [1.165, 1.54) is 22.5 Å². The first-order valence-electron chi connectivity index (χ1n) is 8.49. The van der Waals surface area contributed by atoms with Gasteiger partial charge in [0.05, 0.1) is 4.90 Å². The Morgan fingerprint density at radius 2 is 1.92 bits per heavy atom. The van der Waals surface area contributed by atoms with Crippen LogP contribution in [0, 0.1) is 5.82 Å². The normalized spacial score (nSPS) is 17.0. The first kappa shape index (κ1) is 18.0. The van der Waals surface area contributed by atoms with Gasteiger partial charge in [-0.2, -0.15) is 4.31 Å². The molecular formula is C17H23FN4O2S. The molecule has 0 unspecified atom stereocenters. The highest BCUT2D eigenvalue weighted by Crippen LogP contribution is 2.18. The zero-order chi connectivity index (χ0) is 17.9. The molecular weight excluding hydrogens is 343 g/mol. The molecule has 1 fully saturated rings. The number of benzene rings is 1. The number of aryl methyl sites for hydroxylation is 1. The Balaban J connectivity index is 1.56. The lowest BCUT2D eigenvalue weighted by Crippen LogP contribution is -2.49. The van der Waals surface area contributed by atoms with Gasteiger partial charge in [0.15, 0.2) is 0 Å². The van der Waals surface area contributed by atoms with E-state index in [0.717, 1.165) is 31.4 Å². The minimum atomic E-state index is -3.63. The highest BCUT2D eigenvalue weighted by Gasteiger charge is 2.28. The van der Waals surface area contributed by atoms with E-state index in [2.05, 4.69) is 21.4 Å². The van der Waals surface area contributed by atoms with Crippen LogP contribution in [0.4, 0.5) is 4.39 Å². The first-order valence-corrected chi connectivity index (χ1v) is 9.93. The van der Waals surface area contributed by atoms with Gasteiger partial charge in [0.1, 0.15) is 11.6 Å². The molecule has 1 aliphatic rings. The van der Waals surface area contributed by atoms with Crippen LogP contribution in [0.5, 0.6) is 0 Å². The smallest absolute Gasteiger partial charge is 0.243 e. The SMILES string of the molecule is CCc1nccn1CCN1CCN(S(=O)(=O)c2cccc(F)c2)CC1. The monoisotopic (exact) mass is 366 g/mol. The molecule has 136 valence electrons. The van der Waals surface area contributed by atoms with Gasteiger partial charge in [0.25, 0.3) is 0 Å². The lowest BCUT2D eigenvalue weighted by atomic mass is 10.3. The highest BCUT2D eigenvalue weighted by molar-refractivity contribution is 7.89. The van der Waals surface area contributed by atoms with Gasteiger partial charge in [-0.25, -0.2) is 17.8 Å². The fraction of sp³-hybridized carbons (Fsp3) is 0.471. The summed E-state index contributed by atoms with van der Waals surface area (Å²) in [6.45, 7) is 5.97. The van der Waals surface area contributed by atoms with Crippen LogP contribution in [0.2, 0.25) is 0 Å². The summed E-state index contributed by atoms with van der Waals surface area (Å²) in [6.07, 6.45) is 4.68. The van der Waals surface area contributed by atoms with Crippen molar-refractivity contribution in [3.63, 3.8) is 0 Å². The third-order valence-electron chi connectivity index (χ3n) is 4.54. The fourth-order valence-corrected chi connectivity index (χ4v) is 4.53. The second kappa shape index (κ2) is 7.63. The summed E-state index contributed by atoms with van der Waals surface area (Å²) < 4.78 is 42.1. The number of hydrogen-bond acceptors (Lipinski definition) is 4. The third kappa shape index (κ3) is 4.08. The second-order valence-electron chi connectivity index (χ2n) is 6.09. The largest absolute Gasteiger partial charge is 0.334 e. The zero-order valence-corrected chi connectivity index (χ0v) is 15.1. The van der Waals surface area contributed by atoms with E-state index in [1.807, 2.05) is 12.4 Å². The van der Waals surface area contributed by atoms with Gasteiger partial charge in [-0.05, 0) is 18.2 Å². The molecule has 1 aromatic carbocycles. The van der Waals surface area contributed by atoms with Crippen LogP contribution in [0.3, 0.4) is 0 Å². The summed E-state index contributed by atoms with van der Waals surface area (Å²) in [7, 11) is -3.63. The highest BCUT2D eigenvalue weighted by atomic mass is 32.2. The van der Waals surface area contributed by atoms with Crippen LogP contribution < -0.4 is 0 Å². The zero-order valence-electron chi connectivity index (χ0n) is 14.3. The van der Waals surface area contributed by atoms with Crippen molar-refractivity contribution < 1.29 is 12.8 Å². The Morgan fingerprint density at radius 1 is 1.16 bits per heavy atom. The number of piperazine rings is 1. The molecule has 0 saturated carbocycles. The molecule has 0 amide bonds. The maximum Gasteiger partial charge on any atom is 0.243 e. The number of rotatable bonds is 6. The molecule has 0 spiro atoms. The Hall–Kier alpha value is -1.77. The van der Waals surface area contributed by atoms with Crippen molar-refractivity contribution in [3.05, 3.63) is 48.3 Å². The molecule has 0 atom stereocenters. The van der Waals surface area contributed by atoms with E-state index in [1.54, 1.807) is 0 Å². The molecule has 25 heavy (non-hydrogen) atoms. The van der Waals surface area contributed by atoms with Gasteiger partial charge in [-0.1, -0.05) is 13.0 Å². The van der Waals surface area contributed by atoms with Crippen molar-refractivity contribution >= 4 is 10.0 Å². The molecule has 2 heterocycles. The molecule has 0 aliphatic carbocycles. The van der Waals surface area contributed by atoms with E-state index < -0.39 is 15.8 Å². The van der Waals surface area contributed by atoms with Crippen LogP contribution >= 0.6 is 0 Å². The Bertz CT molecular complexity index is 814. The summed E-state index contributed by atoms with van der Waals surface area (Å²) in [5, 5.41) is 0. The lowest BCUT2D eigenvalue weighted by Gasteiger charge is -2.34. The first-order chi connectivity index (χ1) is 12.0. The summed E-state index contributed by atoms with van der Waals surface area (Å²) in [5.74, 6) is 0.527. The van der Waals surface area contributed by atoms with Crippen molar-refractivity contribution in [3.8, 4) is 0 Å². The van der Waals surface area contributed by atoms with Crippen molar-refractivity contribution in [2.75, 3.05) is 32.7 Å². The number of halogens is 1. The van der Waals surface area contributed by atoms with E-state index in [9.17, 15) is 12.8 Å². The van der Waals surface area contributed by atoms with Crippen molar-refractivity contribution in [2.45, 2.75) is 24.8 Å². The maximum atomic E-state index is 13.3. The Labute approximate surface area is 147 Å². The average Bonchev–Trinajstić information content (AvgIpc) is 3.08. The van der Waals surface area contributed by atoms with Gasteiger partial charge >= 0.3 is 0 Å². The van der Waals surface area contributed by atoms with Crippen molar-refractivity contribution in [2.24, 2.45) is 0 Å². The maximum absolute atomic E-state index is 13.3. The fourth-order valence-electron chi connectivity index (χ4n) is 3.08. The Kier molecular flexibility index (Phi) is 5.51. The number of hydrogen-bond donors (Lipinski definition) is 0. The predicted octanol–water partition coefficient (Wildman–Crippen LogP) is 1.59. The average molecular weight is 366 g/mol. The van der Waals surface area contributed by atoms with E-state index in [-0.39, 0.29) is 4.90 Å². The minimum absolute atomic E-state index is 0.0203. The molecule has 1 saturated heterocycles.